The fourth-order valence-electron chi connectivity index (χ4n) is 1.66. The number of carbonyl (C=O) groups excluding carboxylic acids is 1. The van der Waals surface area contributed by atoms with E-state index in [1.54, 1.807) is 0 Å². The largest absolute Gasteiger partial charge is 0.431 e. The molecule has 0 unspecified atom stereocenters. The van der Waals surface area contributed by atoms with Crippen molar-refractivity contribution in [3.05, 3.63) is 57.3 Å². The normalized spacial score (nSPS) is 10.6. The Morgan fingerprint density at radius 1 is 1.23 bits per heavy atom. The summed E-state index contributed by atoms with van der Waals surface area (Å²) >= 11 is 8.87. The Morgan fingerprint density at radius 2 is 1.86 bits per heavy atom. The Morgan fingerprint density at radius 3 is 2.45 bits per heavy atom. The molecule has 1 amide bonds. The van der Waals surface area contributed by atoms with Gasteiger partial charge in [0.2, 0.25) is 0 Å². The predicted molar refractivity (Wildman–Crippen MR) is 80.1 cm³/mol. The van der Waals surface area contributed by atoms with E-state index in [9.17, 15) is 18.0 Å². The van der Waals surface area contributed by atoms with Crippen molar-refractivity contribution in [2.45, 2.75) is 6.61 Å². The van der Waals surface area contributed by atoms with Crippen LogP contribution in [0, 0.1) is 5.82 Å². The third-order valence-electron chi connectivity index (χ3n) is 2.57. The summed E-state index contributed by atoms with van der Waals surface area (Å²) in [5, 5.41) is 2.61. The highest BCUT2D eigenvalue weighted by Gasteiger charge is 2.17. The Balaban J connectivity index is 2.31. The Labute approximate surface area is 137 Å². The quantitative estimate of drug-likeness (QED) is 0.784. The monoisotopic (exact) mass is 393 g/mol. The van der Waals surface area contributed by atoms with Gasteiger partial charge in [-0.05, 0) is 52.3 Å². The molecule has 0 heterocycles. The summed E-state index contributed by atoms with van der Waals surface area (Å²) in [6.07, 6.45) is 0. The second-order valence-corrected chi connectivity index (χ2v) is 5.39. The minimum atomic E-state index is -3.07. The zero-order chi connectivity index (χ0) is 16.3. The van der Waals surface area contributed by atoms with E-state index in [-0.39, 0.29) is 26.5 Å². The number of carbonyl (C=O) groups is 1. The van der Waals surface area contributed by atoms with Gasteiger partial charge in [-0.3, -0.25) is 4.79 Å². The van der Waals surface area contributed by atoms with Gasteiger partial charge in [0, 0.05) is 10.6 Å². The van der Waals surface area contributed by atoms with Crippen molar-refractivity contribution < 1.29 is 22.7 Å². The number of amides is 1. The summed E-state index contributed by atoms with van der Waals surface area (Å²) in [5.41, 5.74) is 0.120. The van der Waals surface area contributed by atoms with Crippen LogP contribution >= 0.6 is 27.5 Å². The van der Waals surface area contributed by atoms with E-state index in [2.05, 4.69) is 26.0 Å². The number of hydrogen-bond donors (Lipinski definition) is 1. The number of hydrogen-bond acceptors (Lipinski definition) is 2. The molecular formula is C14H8BrClF3NO2. The van der Waals surface area contributed by atoms with Crippen molar-refractivity contribution in [1.82, 2.24) is 0 Å². The lowest BCUT2D eigenvalue weighted by Gasteiger charge is -2.14. The average Bonchev–Trinajstić information content (AvgIpc) is 2.43. The number of alkyl halides is 2. The van der Waals surface area contributed by atoms with Gasteiger partial charge >= 0.3 is 6.61 Å². The lowest BCUT2D eigenvalue weighted by atomic mass is 10.2. The van der Waals surface area contributed by atoms with Crippen LogP contribution in [-0.4, -0.2) is 12.5 Å². The predicted octanol–water partition coefficient (Wildman–Crippen LogP) is 5.10. The fraction of sp³-hybridized carbons (Fsp3) is 0.0714. The summed E-state index contributed by atoms with van der Waals surface area (Å²) in [7, 11) is 0. The minimum Gasteiger partial charge on any atom is -0.431 e. The molecule has 0 aliphatic rings. The smallest absolute Gasteiger partial charge is 0.387 e. The molecule has 0 aromatic heterocycles. The molecule has 0 bridgehead atoms. The molecule has 0 saturated heterocycles. The molecule has 8 heteroatoms. The third kappa shape index (κ3) is 4.14. The SMILES string of the molecule is O=C(Nc1cc(Cl)cc(Br)c1OC(F)F)c1ccc(F)cc1. The van der Waals surface area contributed by atoms with Gasteiger partial charge in [0.25, 0.3) is 5.91 Å². The molecule has 0 fully saturated rings. The molecular weight excluding hydrogens is 387 g/mol. The zero-order valence-corrected chi connectivity index (χ0v) is 13.1. The molecule has 1 N–H and O–H groups in total. The van der Waals surface area contributed by atoms with E-state index < -0.39 is 18.3 Å². The third-order valence-corrected chi connectivity index (χ3v) is 3.38. The van der Waals surface area contributed by atoms with Crippen LogP contribution in [0.1, 0.15) is 10.4 Å². The first-order chi connectivity index (χ1) is 10.4. The van der Waals surface area contributed by atoms with Gasteiger partial charge in [-0.25, -0.2) is 4.39 Å². The Kier molecular flexibility index (Phi) is 5.31. The lowest BCUT2D eigenvalue weighted by Crippen LogP contribution is -2.14. The highest BCUT2D eigenvalue weighted by Crippen LogP contribution is 2.37. The van der Waals surface area contributed by atoms with Crippen molar-refractivity contribution in [1.29, 1.82) is 0 Å². The van der Waals surface area contributed by atoms with Gasteiger partial charge in [0.15, 0.2) is 5.75 Å². The molecule has 2 rings (SSSR count). The number of anilines is 1. The van der Waals surface area contributed by atoms with Crippen LogP contribution < -0.4 is 10.1 Å². The van der Waals surface area contributed by atoms with Crippen LogP contribution in [0.15, 0.2) is 40.9 Å². The summed E-state index contributed by atoms with van der Waals surface area (Å²) in [6.45, 7) is -3.07. The highest BCUT2D eigenvalue weighted by molar-refractivity contribution is 9.10. The number of halogens is 5. The van der Waals surface area contributed by atoms with E-state index in [4.69, 9.17) is 11.6 Å². The summed E-state index contributed by atoms with van der Waals surface area (Å²) in [6, 6.07) is 7.37. The summed E-state index contributed by atoms with van der Waals surface area (Å²) in [5.74, 6) is -1.37. The molecule has 0 radical (unpaired) electrons. The molecule has 0 aliphatic carbocycles. The second kappa shape index (κ2) is 7.02. The van der Waals surface area contributed by atoms with E-state index in [1.807, 2.05) is 0 Å². The molecule has 3 nitrogen and oxygen atoms in total. The fourth-order valence-corrected chi connectivity index (χ4v) is 2.56. The van der Waals surface area contributed by atoms with Gasteiger partial charge < -0.3 is 10.1 Å². The van der Waals surface area contributed by atoms with Crippen LogP contribution in [0.2, 0.25) is 5.02 Å². The van der Waals surface area contributed by atoms with E-state index in [1.165, 1.54) is 24.3 Å². The first kappa shape index (κ1) is 16.6. The van der Waals surface area contributed by atoms with Gasteiger partial charge in [-0.1, -0.05) is 11.6 Å². The van der Waals surface area contributed by atoms with Crippen LogP contribution in [0.4, 0.5) is 18.9 Å². The van der Waals surface area contributed by atoms with Crippen molar-refractivity contribution in [2.24, 2.45) is 0 Å². The summed E-state index contributed by atoms with van der Waals surface area (Å²) < 4.78 is 42.3. The molecule has 0 aliphatic heterocycles. The maximum Gasteiger partial charge on any atom is 0.387 e. The number of benzene rings is 2. The van der Waals surface area contributed by atoms with Crippen molar-refractivity contribution >= 4 is 39.1 Å². The average molecular weight is 395 g/mol. The second-order valence-electron chi connectivity index (χ2n) is 4.10. The maximum absolute atomic E-state index is 12.8. The van der Waals surface area contributed by atoms with Crippen LogP contribution in [0.25, 0.3) is 0 Å². The van der Waals surface area contributed by atoms with Gasteiger partial charge in [0.05, 0.1) is 10.2 Å². The molecule has 2 aromatic rings. The zero-order valence-electron chi connectivity index (χ0n) is 10.7. The Hall–Kier alpha value is -1.73. The number of rotatable bonds is 4. The Bertz CT molecular complexity index is 695. The molecule has 0 saturated carbocycles. The minimum absolute atomic E-state index is 0.0333. The standard InChI is InChI=1S/C14H8BrClF3NO2/c15-10-5-8(16)6-11(12(10)22-14(18)19)20-13(21)7-1-3-9(17)4-2-7/h1-6,14H,(H,20,21). The molecule has 2 aromatic carbocycles. The number of ether oxygens (including phenoxy) is 1. The highest BCUT2D eigenvalue weighted by atomic mass is 79.9. The van der Waals surface area contributed by atoms with Gasteiger partial charge in [-0.15, -0.1) is 0 Å². The number of nitrogens with one attached hydrogen (secondary N) is 1. The molecule has 0 spiro atoms. The topological polar surface area (TPSA) is 38.3 Å². The van der Waals surface area contributed by atoms with Gasteiger partial charge in [-0.2, -0.15) is 8.78 Å². The van der Waals surface area contributed by atoms with Crippen molar-refractivity contribution in [3.8, 4) is 5.75 Å². The lowest BCUT2D eigenvalue weighted by molar-refractivity contribution is -0.0498. The van der Waals surface area contributed by atoms with Crippen LogP contribution in [0.5, 0.6) is 5.75 Å². The first-order valence-electron chi connectivity index (χ1n) is 5.87. The van der Waals surface area contributed by atoms with Crippen LogP contribution in [0.3, 0.4) is 0 Å². The van der Waals surface area contributed by atoms with Gasteiger partial charge in [0.1, 0.15) is 5.82 Å². The molecule has 22 heavy (non-hydrogen) atoms. The molecule has 0 atom stereocenters. The van der Waals surface area contributed by atoms with E-state index >= 15 is 0 Å². The summed E-state index contributed by atoms with van der Waals surface area (Å²) in [4.78, 5) is 12.1. The van der Waals surface area contributed by atoms with Crippen LogP contribution in [-0.2, 0) is 0 Å². The molecule has 116 valence electrons. The van der Waals surface area contributed by atoms with E-state index in [0.29, 0.717) is 0 Å². The van der Waals surface area contributed by atoms with E-state index in [0.717, 1.165) is 12.1 Å². The maximum atomic E-state index is 12.8. The van der Waals surface area contributed by atoms with Crippen molar-refractivity contribution in [3.63, 3.8) is 0 Å². The first-order valence-corrected chi connectivity index (χ1v) is 7.04. The van der Waals surface area contributed by atoms with Crippen molar-refractivity contribution in [2.75, 3.05) is 5.32 Å².